The number of carbonyl (C=O) groups is 1. The topological polar surface area (TPSA) is 87.6 Å². The fraction of sp³-hybridized carbons (Fsp3) is 0.731. The van der Waals surface area contributed by atoms with E-state index >= 15 is 0 Å². The van der Waals surface area contributed by atoms with Gasteiger partial charge >= 0.3 is 0 Å². The summed E-state index contributed by atoms with van der Waals surface area (Å²) in [6.07, 6.45) is 6.40. The van der Waals surface area contributed by atoms with Gasteiger partial charge in [-0.3, -0.25) is 14.9 Å². The van der Waals surface area contributed by atoms with Gasteiger partial charge in [-0.25, -0.2) is 0 Å². The van der Waals surface area contributed by atoms with Crippen LogP contribution in [-0.2, 0) is 9.53 Å². The zero-order valence-electron chi connectivity index (χ0n) is 22.3. The molecule has 2 unspecified atom stereocenters. The lowest BCUT2D eigenvalue weighted by Gasteiger charge is -2.04. The van der Waals surface area contributed by atoms with Gasteiger partial charge in [0.1, 0.15) is 0 Å². The van der Waals surface area contributed by atoms with Crippen molar-refractivity contribution < 1.29 is 14.6 Å². The summed E-state index contributed by atoms with van der Waals surface area (Å²) in [4.78, 5) is 15.3. The van der Waals surface area contributed by atoms with Crippen LogP contribution in [0.4, 0.5) is 0 Å². The number of ketones is 1. The highest BCUT2D eigenvalue weighted by molar-refractivity contribution is 6.04. The van der Waals surface area contributed by atoms with Crippen molar-refractivity contribution in [2.45, 2.75) is 105 Å². The van der Waals surface area contributed by atoms with Gasteiger partial charge in [-0.1, -0.05) is 54.9 Å². The van der Waals surface area contributed by atoms with Crippen LogP contribution in [0.1, 0.15) is 111 Å². The predicted octanol–water partition coefficient (Wildman–Crippen LogP) is 6.23. The number of nitrogens with zero attached hydrogens (tertiary/aromatic N) is 2. The molecule has 0 radical (unpaired) electrons. The average molecular weight is 452 g/mol. The lowest BCUT2D eigenvalue weighted by Crippen LogP contribution is -2.07. The zero-order valence-corrected chi connectivity index (χ0v) is 22.3. The molecule has 0 bridgehead atoms. The number of allylic oxidation sites excluding steroid dienone is 1. The molecule has 32 heavy (non-hydrogen) atoms. The molecule has 6 nitrogen and oxygen atoms in total. The molecule has 1 aromatic heterocycles. The van der Waals surface area contributed by atoms with Crippen molar-refractivity contribution in [3.8, 4) is 0 Å². The number of aliphatic imine (C=N–C) groups is 1. The van der Waals surface area contributed by atoms with Crippen LogP contribution in [0.3, 0.4) is 0 Å². The van der Waals surface area contributed by atoms with E-state index in [1.165, 1.54) is 5.69 Å². The number of aliphatic hydroxyl groups is 1. The zero-order chi connectivity index (χ0) is 25.1. The van der Waals surface area contributed by atoms with E-state index < -0.39 is 0 Å². The number of aliphatic hydroxyl groups excluding tert-OH is 1. The van der Waals surface area contributed by atoms with Crippen LogP contribution in [0, 0.1) is 0 Å². The quantitative estimate of drug-likeness (QED) is 0.362. The number of Topliss-reactive ketones (excluding diaryl/α,β-unsaturated/α-hetero) is 1. The molecule has 1 heterocycles. The smallest absolute Gasteiger partial charge is 0.155 e. The standard InChI is InChI=1S/C11H18N2O.C11H19NO2.2C2H6/c1-7(2)10-6-11(13-12-10)8-3-4-9(14)5-8;1-5-6-10(9(2)13)7-11(12-3)8-14-4;2*1-2/h6-9,14H,3-5H2,1-2H3,(H,12,13);7H,5-6,8H2,1-4H3;2*1-2H3/b;10-7+,12-11?;;. The van der Waals surface area contributed by atoms with Crippen LogP contribution in [0.2, 0.25) is 0 Å². The normalized spacial score (nSPS) is 18.1. The Morgan fingerprint density at radius 1 is 1.31 bits per heavy atom. The Balaban J connectivity index is 0. The summed E-state index contributed by atoms with van der Waals surface area (Å²) in [5, 5.41) is 16.8. The second-order valence-electron chi connectivity index (χ2n) is 7.69. The molecular weight excluding hydrogens is 402 g/mol. The molecular formula is C26H49N3O3. The van der Waals surface area contributed by atoms with Crippen LogP contribution >= 0.6 is 0 Å². The Morgan fingerprint density at radius 3 is 2.31 bits per heavy atom. The van der Waals surface area contributed by atoms with Crippen molar-refractivity contribution in [3.63, 3.8) is 0 Å². The van der Waals surface area contributed by atoms with Crippen LogP contribution in [0.15, 0.2) is 22.7 Å². The predicted molar refractivity (Wildman–Crippen MR) is 137 cm³/mol. The highest BCUT2D eigenvalue weighted by Crippen LogP contribution is 2.34. The van der Waals surface area contributed by atoms with E-state index in [1.807, 2.05) is 33.8 Å². The number of methoxy groups -OCH3 is 1. The van der Waals surface area contributed by atoms with Crippen LogP contribution in [0.25, 0.3) is 0 Å². The molecule has 6 heteroatoms. The Kier molecular flexibility index (Phi) is 20.1. The van der Waals surface area contributed by atoms with Gasteiger partial charge < -0.3 is 9.84 Å². The summed E-state index contributed by atoms with van der Waals surface area (Å²) in [6, 6.07) is 2.15. The first-order valence-electron chi connectivity index (χ1n) is 12.2. The second-order valence-corrected chi connectivity index (χ2v) is 7.69. The van der Waals surface area contributed by atoms with E-state index in [9.17, 15) is 9.90 Å². The number of ether oxygens (including phenoxy) is 1. The van der Waals surface area contributed by atoms with Crippen LogP contribution < -0.4 is 0 Å². The molecule has 186 valence electrons. The molecule has 0 saturated heterocycles. The van der Waals surface area contributed by atoms with Crippen LogP contribution in [0.5, 0.6) is 0 Å². The maximum atomic E-state index is 11.2. The summed E-state index contributed by atoms with van der Waals surface area (Å²) in [5.41, 5.74) is 3.96. The average Bonchev–Trinajstić information content (AvgIpc) is 3.45. The second kappa shape index (κ2) is 19.9. The molecule has 0 spiro atoms. The molecule has 2 rings (SSSR count). The van der Waals surface area contributed by atoms with Gasteiger partial charge in [0.05, 0.1) is 24.1 Å². The largest absolute Gasteiger partial charge is 0.393 e. The van der Waals surface area contributed by atoms with Crippen molar-refractivity contribution in [3.05, 3.63) is 29.1 Å². The fourth-order valence-electron chi connectivity index (χ4n) is 3.24. The minimum atomic E-state index is -0.106. The summed E-state index contributed by atoms with van der Waals surface area (Å²) in [5.74, 6) is 1.08. The molecule has 2 atom stereocenters. The highest BCUT2D eigenvalue weighted by atomic mass is 16.5. The van der Waals surface area contributed by atoms with Gasteiger partial charge in [0, 0.05) is 25.8 Å². The number of carbonyl (C=O) groups excluding carboxylic acids is 1. The van der Waals surface area contributed by atoms with Crippen molar-refractivity contribution in [1.82, 2.24) is 10.2 Å². The molecule has 1 aliphatic rings. The van der Waals surface area contributed by atoms with Gasteiger partial charge in [-0.05, 0) is 56.2 Å². The van der Waals surface area contributed by atoms with Gasteiger partial charge in [0.25, 0.3) is 0 Å². The lowest BCUT2D eigenvalue weighted by molar-refractivity contribution is -0.113. The molecule has 1 saturated carbocycles. The molecule has 0 aromatic carbocycles. The molecule has 0 amide bonds. The Bertz CT molecular complexity index is 663. The van der Waals surface area contributed by atoms with E-state index in [1.54, 1.807) is 21.1 Å². The lowest BCUT2D eigenvalue weighted by atomic mass is 10.0. The molecule has 0 aliphatic heterocycles. The van der Waals surface area contributed by atoms with E-state index in [0.29, 0.717) is 18.4 Å². The minimum Gasteiger partial charge on any atom is -0.393 e. The number of hydrogen-bond acceptors (Lipinski definition) is 5. The first-order valence-corrected chi connectivity index (χ1v) is 12.2. The van der Waals surface area contributed by atoms with Gasteiger partial charge in [0.2, 0.25) is 0 Å². The number of rotatable bonds is 8. The number of nitrogens with one attached hydrogen (secondary N) is 1. The van der Waals surface area contributed by atoms with Crippen molar-refractivity contribution >= 4 is 11.5 Å². The van der Waals surface area contributed by atoms with Crippen molar-refractivity contribution in [2.24, 2.45) is 4.99 Å². The summed E-state index contributed by atoms with van der Waals surface area (Å²) in [7, 11) is 3.32. The summed E-state index contributed by atoms with van der Waals surface area (Å²) >= 11 is 0. The number of aromatic nitrogens is 2. The maximum absolute atomic E-state index is 11.2. The van der Waals surface area contributed by atoms with Crippen molar-refractivity contribution in [1.29, 1.82) is 0 Å². The SMILES string of the molecule is CC.CC.CC(C)c1cc(C2CCC(O)C2)[nH]n1.CCC/C(=C\C(COC)=NC)C(C)=O. The first-order chi connectivity index (χ1) is 15.3. The number of H-pyrrole nitrogens is 1. The fourth-order valence-corrected chi connectivity index (χ4v) is 3.24. The number of hydrogen-bond donors (Lipinski definition) is 2. The molecule has 1 aliphatic carbocycles. The minimum absolute atomic E-state index is 0.106. The van der Waals surface area contributed by atoms with Gasteiger partial charge in [-0.15, -0.1) is 0 Å². The highest BCUT2D eigenvalue weighted by Gasteiger charge is 2.25. The van der Waals surface area contributed by atoms with Gasteiger partial charge in [-0.2, -0.15) is 5.10 Å². The summed E-state index contributed by atoms with van der Waals surface area (Å²) < 4.78 is 4.97. The Labute approximate surface area is 197 Å². The molecule has 2 N–H and O–H groups in total. The van der Waals surface area contributed by atoms with Gasteiger partial charge in [0.15, 0.2) is 5.78 Å². The Morgan fingerprint density at radius 2 is 1.94 bits per heavy atom. The third kappa shape index (κ3) is 12.9. The van der Waals surface area contributed by atoms with E-state index in [-0.39, 0.29) is 11.9 Å². The van der Waals surface area contributed by atoms with Crippen LogP contribution in [-0.4, -0.2) is 53.7 Å². The number of aromatic amines is 1. The molecule has 1 fully saturated rings. The molecule has 1 aromatic rings. The third-order valence-corrected chi connectivity index (χ3v) is 4.95. The summed E-state index contributed by atoms with van der Waals surface area (Å²) in [6.45, 7) is 16.4. The maximum Gasteiger partial charge on any atom is 0.155 e. The van der Waals surface area contributed by atoms with E-state index in [2.05, 4.69) is 42.0 Å². The van der Waals surface area contributed by atoms with Crippen molar-refractivity contribution in [2.75, 3.05) is 20.8 Å². The van der Waals surface area contributed by atoms with E-state index in [0.717, 1.165) is 49.1 Å². The monoisotopic (exact) mass is 451 g/mol. The van der Waals surface area contributed by atoms with E-state index in [4.69, 9.17) is 4.74 Å². The third-order valence-electron chi connectivity index (χ3n) is 4.95. The Hall–Kier alpha value is -1.79. The first kappa shape index (κ1) is 32.4.